The quantitative estimate of drug-likeness (QED) is 0.702. The van der Waals surface area contributed by atoms with Gasteiger partial charge in [0.05, 0.1) is 11.9 Å². The lowest BCUT2D eigenvalue weighted by atomic mass is 9.99. The average molecular weight is 185 g/mol. The molecule has 0 spiro atoms. The second-order valence-corrected chi connectivity index (χ2v) is 3.15. The number of nitrogens with two attached hydrogens (primary N) is 1. The predicted octanol–water partition coefficient (Wildman–Crippen LogP) is 1.88. The fourth-order valence-electron chi connectivity index (χ4n) is 1.46. The number of fused-ring (bicyclic) bond motifs is 1. The number of nitrogens with one attached hydrogen (secondary N) is 1. The molecule has 0 amide bonds. The molecule has 14 heavy (non-hydrogen) atoms. The van der Waals surface area contributed by atoms with Gasteiger partial charge in [-0.2, -0.15) is 0 Å². The second kappa shape index (κ2) is 3.03. The zero-order chi connectivity index (χ0) is 10.1. The molecule has 1 aromatic heterocycles. The van der Waals surface area contributed by atoms with Crippen LogP contribution in [0.3, 0.4) is 0 Å². The normalized spacial score (nSPS) is 14.0. The molecule has 1 aromatic rings. The molecule has 0 radical (unpaired) electrons. The zero-order valence-corrected chi connectivity index (χ0v) is 7.75. The van der Waals surface area contributed by atoms with E-state index in [9.17, 15) is 0 Å². The van der Waals surface area contributed by atoms with Crippen LogP contribution in [0, 0.1) is 0 Å². The number of anilines is 1. The summed E-state index contributed by atoms with van der Waals surface area (Å²) in [6.45, 7) is 7.57. The van der Waals surface area contributed by atoms with Crippen molar-refractivity contribution in [1.29, 1.82) is 0 Å². The maximum atomic E-state index is 5.69. The summed E-state index contributed by atoms with van der Waals surface area (Å²) in [5.41, 5.74) is 9.87. The van der Waals surface area contributed by atoms with Crippen LogP contribution >= 0.6 is 0 Å². The SMILES string of the molecule is C=C1C=C(C(=C)N)c2ccncc2N1. The summed E-state index contributed by atoms with van der Waals surface area (Å²) in [5, 5.41) is 3.11. The molecule has 0 aliphatic carbocycles. The van der Waals surface area contributed by atoms with Crippen molar-refractivity contribution in [2.75, 3.05) is 5.32 Å². The van der Waals surface area contributed by atoms with Crippen LogP contribution in [0.15, 0.2) is 49.1 Å². The first-order valence-corrected chi connectivity index (χ1v) is 4.25. The van der Waals surface area contributed by atoms with Crippen LogP contribution in [0.2, 0.25) is 0 Å². The first kappa shape index (κ1) is 8.56. The summed E-state index contributed by atoms with van der Waals surface area (Å²) in [7, 11) is 0. The molecule has 3 nitrogen and oxygen atoms in total. The highest BCUT2D eigenvalue weighted by Gasteiger charge is 2.14. The number of rotatable bonds is 1. The lowest BCUT2D eigenvalue weighted by molar-refractivity contribution is 1.27. The van der Waals surface area contributed by atoms with Crippen molar-refractivity contribution < 1.29 is 0 Å². The summed E-state index contributed by atoms with van der Waals surface area (Å²) in [5.74, 6) is 0. The molecule has 1 aliphatic heterocycles. The number of hydrogen-bond donors (Lipinski definition) is 2. The molecule has 70 valence electrons. The van der Waals surface area contributed by atoms with Crippen molar-refractivity contribution >= 4 is 11.3 Å². The van der Waals surface area contributed by atoms with Crippen molar-refractivity contribution in [2.45, 2.75) is 0 Å². The number of aromatic nitrogens is 1. The molecule has 1 aliphatic rings. The largest absolute Gasteiger partial charge is 0.399 e. The Morgan fingerprint density at radius 3 is 3.00 bits per heavy atom. The van der Waals surface area contributed by atoms with E-state index < -0.39 is 0 Å². The van der Waals surface area contributed by atoms with E-state index in [1.165, 1.54) is 0 Å². The molecule has 0 unspecified atom stereocenters. The third kappa shape index (κ3) is 1.29. The van der Waals surface area contributed by atoms with Crippen LogP contribution in [0.5, 0.6) is 0 Å². The van der Waals surface area contributed by atoms with E-state index in [2.05, 4.69) is 23.5 Å². The Hall–Kier alpha value is -2.03. The lowest BCUT2D eigenvalue weighted by Crippen LogP contribution is -2.09. The Morgan fingerprint density at radius 1 is 1.50 bits per heavy atom. The molecule has 0 aromatic carbocycles. The topological polar surface area (TPSA) is 50.9 Å². The lowest BCUT2D eigenvalue weighted by Gasteiger charge is -2.19. The molecule has 3 N–H and O–H groups in total. The van der Waals surface area contributed by atoms with E-state index in [0.717, 1.165) is 22.5 Å². The van der Waals surface area contributed by atoms with Gasteiger partial charge in [-0.25, -0.2) is 0 Å². The van der Waals surface area contributed by atoms with Gasteiger partial charge in [-0.05, 0) is 12.1 Å². The minimum absolute atomic E-state index is 0.542. The minimum atomic E-state index is 0.542. The van der Waals surface area contributed by atoms with Gasteiger partial charge in [0.25, 0.3) is 0 Å². The minimum Gasteiger partial charge on any atom is -0.399 e. The Labute approximate surface area is 82.7 Å². The third-order valence-corrected chi connectivity index (χ3v) is 2.07. The van der Waals surface area contributed by atoms with Gasteiger partial charge in [0, 0.05) is 28.7 Å². The number of allylic oxidation sites excluding steroid dienone is 2. The monoisotopic (exact) mass is 185 g/mol. The van der Waals surface area contributed by atoms with Crippen molar-refractivity contribution in [3.8, 4) is 0 Å². The smallest absolute Gasteiger partial charge is 0.0651 e. The molecule has 0 saturated carbocycles. The van der Waals surface area contributed by atoms with Crippen molar-refractivity contribution in [1.82, 2.24) is 4.98 Å². The fraction of sp³-hybridized carbons (Fsp3) is 0. The predicted molar refractivity (Wildman–Crippen MR) is 58.3 cm³/mol. The Morgan fingerprint density at radius 2 is 2.29 bits per heavy atom. The molecule has 0 saturated heterocycles. The van der Waals surface area contributed by atoms with Gasteiger partial charge >= 0.3 is 0 Å². The number of pyridine rings is 1. The van der Waals surface area contributed by atoms with Gasteiger partial charge in [-0.3, -0.25) is 4.98 Å². The maximum Gasteiger partial charge on any atom is 0.0651 e. The molecular weight excluding hydrogens is 174 g/mol. The Bertz CT molecular complexity index is 444. The summed E-state index contributed by atoms with van der Waals surface area (Å²) in [4.78, 5) is 4.02. The fourth-order valence-corrected chi connectivity index (χ4v) is 1.46. The Kier molecular flexibility index (Phi) is 1.85. The standard InChI is InChI=1S/C11H11N3/c1-7-5-10(8(2)12)9-3-4-13-6-11(9)14-7/h3-6,14H,1-2,12H2. The summed E-state index contributed by atoms with van der Waals surface area (Å²) < 4.78 is 0. The van der Waals surface area contributed by atoms with E-state index in [4.69, 9.17) is 5.73 Å². The van der Waals surface area contributed by atoms with Gasteiger partial charge in [-0.15, -0.1) is 0 Å². The molecule has 2 heterocycles. The number of hydrogen-bond acceptors (Lipinski definition) is 3. The molecule has 0 bridgehead atoms. The first-order chi connectivity index (χ1) is 6.68. The molecular formula is C11H11N3. The van der Waals surface area contributed by atoms with E-state index in [1.807, 2.05) is 12.1 Å². The highest BCUT2D eigenvalue weighted by atomic mass is 14.9. The zero-order valence-electron chi connectivity index (χ0n) is 7.75. The maximum absolute atomic E-state index is 5.69. The van der Waals surface area contributed by atoms with E-state index in [0.29, 0.717) is 5.70 Å². The second-order valence-electron chi connectivity index (χ2n) is 3.15. The van der Waals surface area contributed by atoms with E-state index >= 15 is 0 Å². The van der Waals surface area contributed by atoms with Gasteiger partial charge in [0.15, 0.2) is 0 Å². The van der Waals surface area contributed by atoms with E-state index in [1.54, 1.807) is 12.4 Å². The highest BCUT2D eigenvalue weighted by Crippen LogP contribution is 2.31. The van der Waals surface area contributed by atoms with Crippen molar-refractivity contribution in [3.05, 3.63) is 54.7 Å². The van der Waals surface area contributed by atoms with Gasteiger partial charge < -0.3 is 11.1 Å². The molecule has 0 fully saturated rings. The van der Waals surface area contributed by atoms with Crippen LogP contribution in [-0.2, 0) is 0 Å². The van der Waals surface area contributed by atoms with Crippen LogP contribution in [-0.4, -0.2) is 4.98 Å². The summed E-state index contributed by atoms with van der Waals surface area (Å²) in [6.07, 6.45) is 5.35. The third-order valence-electron chi connectivity index (χ3n) is 2.07. The highest BCUT2D eigenvalue weighted by molar-refractivity contribution is 5.89. The van der Waals surface area contributed by atoms with Gasteiger partial charge in [0.1, 0.15) is 0 Å². The Balaban J connectivity index is 2.61. The van der Waals surface area contributed by atoms with Crippen molar-refractivity contribution in [2.24, 2.45) is 5.73 Å². The molecule has 2 rings (SSSR count). The summed E-state index contributed by atoms with van der Waals surface area (Å²) in [6, 6.07) is 1.90. The van der Waals surface area contributed by atoms with Gasteiger partial charge in [-0.1, -0.05) is 13.2 Å². The molecule has 3 heteroatoms. The first-order valence-electron chi connectivity index (χ1n) is 4.25. The van der Waals surface area contributed by atoms with Crippen LogP contribution in [0.25, 0.3) is 5.57 Å². The van der Waals surface area contributed by atoms with E-state index in [-0.39, 0.29) is 0 Å². The average Bonchev–Trinajstić information content (AvgIpc) is 2.16. The van der Waals surface area contributed by atoms with Gasteiger partial charge in [0.2, 0.25) is 0 Å². The van der Waals surface area contributed by atoms with Crippen LogP contribution < -0.4 is 11.1 Å². The number of nitrogens with zero attached hydrogens (tertiary/aromatic N) is 1. The van der Waals surface area contributed by atoms with Crippen molar-refractivity contribution in [3.63, 3.8) is 0 Å². The summed E-state index contributed by atoms with van der Waals surface area (Å²) >= 11 is 0. The van der Waals surface area contributed by atoms with Crippen LogP contribution in [0.4, 0.5) is 5.69 Å². The van der Waals surface area contributed by atoms with Crippen LogP contribution in [0.1, 0.15) is 5.56 Å². The molecule has 0 atom stereocenters.